The average Bonchev–Trinajstić information content (AvgIpc) is 3.28. The first-order chi connectivity index (χ1) is 14.5. The normalized spacial score (nSPS) is 11.8. The number of nitrogens with zero attached hydrogens (tertiary/aromatic N) is 2. The van der Waals surface area contributed by atoms with Gasteiger partial charge in [0.05, 0.1) is 23.0 Å². The molecule has 0 saturated heterocycles. The number of pyridine rings is 1. The Balaban J connectivity index is 1.71. The maximum absolute atomic E-state index is 13.2. The maximum Gasteiger partial charge on any atom is 0.253 e. The quantitative estimate of drug-likeness (QED) is 0.477. The van der Waals surface area contributed by atoms with Crippen LogP contribution in [0.5, 0.6) is 0 Å². The highest BCUT2D eigenvalue weighted by Crippen LogP contribution is 2.20. The fourth-order valence-electron chi connectivity index (χ4n) is 3.29. The number of carbonyl (C=O) groups excluding carboxylic acids is 2. The minimum absolute atomic E-state index is 0.214. The summed E-state index contributed by atoms with van der Waals surface area (Å²) >= 11 is 0. The molecule has 0 aliphatic rings. The lowest BCUT2D eigenvalue weighted by Gasteiger charge is -2.19. The number of rotatable bonds is 5. The number of benzene rings is 2. The summed E-state index contributed by atoms with van der Waals surface area (Å²) in [6.45, 7) is 0. The zero-order valence-electron chi connectivity index (χ0n) is 16.1. The van der Waals surface area contributed by atoms with Gasteiger partial charge in [-0.1, -0.05) is 48.5 Å². The second-order valence-electron chi connectivity index (χ2n) is 6.77. The molecule has 150 valence electrons. The third-order valence-electron chi connectivity index (χ3n) is 4.83. The van der Waals surface area contributed by atoms with Crippen molar-refractivity contribution in [3.63, 3.8) is 0 Å². The van der Waals surface area contributed by atoms with Crippen LogP contribution in [0.4, 0.5) is 5.69 Å². The highest BCUT2D eigenvalue weighted by atomic mass is 16.2. The highest BCUT2D eigenvalue weighted by Gasteiger charge is 2.25. The molecule has 0 spiro atoms. The van der Waals surface area contributed by atoms with Crippen LogP contribution >= 0.6 is 0 Å². The molecule has 2 aromatic heterocycles. The molecule has 0 aliphatic heterocycles. The van der Waals surface area contributed by atoms with Crippen LogP contribution in [0.3, 0.4) is 0 Å². The van der Waals surface area contributed by atoms with Crippen molar-refractivity contribution in [2.75, 3.05) is 5.32 Å². The van der Waals surface area contributed by atoms with Crippen LogP contribution in [-0.4, -0.2) is 26.6 Å². The zero-order valence-corrected chi connectivity index (χ0v) is 16.1. The van der Waals surface area contributed by atoms with Crippen LogP contribution in [0.25, 0.3) is 10.9 Å². The summed E-state index contributed by atoms with van der Waals surface area (Å²) in [7, 11) is 1.65. The van der Waals surface area contributed by atoms with Crippen LogP contribution in [0, 0.1) is 0 Å². The molecule has 0 fully saturated rings. The third-order valence-corrected chi connectivity index (χ3v) is 4.83. The first-order valence-electron chi connectivity index (χ1n) is 9.29. The molecule has 2 aromatic carbocycles. The van der Waals surface area contributed by atoms with E-state index in [4.69, 9.17) is 0 Å². The summed E-state index contributed by atoms with van der Waals surface area (Å²) in [5, 5.41) is 12.5. The molecule has 2 amide bonds. The number of hydrogen-bond donors (Lipinski definition) is 3. The number of fused-ring (bicyclic) bond motifs is 1. The van der Waals surface area contributed by atoms with Gasteiger partial charge in [-0.15, -0.1) is 0 Å². The first-order valence-corrected chi connectivity index (χ1v) is 9.29. The van der Waals surface area contributed by atoms with Gasteiger partial charge in [-0.2, -0.15) is 5.10 Å². The molecular formula is C22H19N5O3. The molecule has 30 heavy (non-hydrogen) atoms. The highest BCUT2D eigenvalue weighted by molar-refractivity contribution is 6.08. The summed E-state index contributed by atoms with van der Waals surface area (Å²) in [6.07, 6.45) is 3.01. The van der Waals surface area contributed by atoms with Crippen molar-refractivity contribution in [3.8, 4) is 0 Å². The molecule has 1 unspecified atom stereocenters. The summed E-state index contributed by atoms with van der Waals surface area (Å²) in [6, 6.07) is 16.4. The smallest absolute Gasteiger partial charge is 0.253 e. The Morgan fingerprint density at radius 2 is 1.80 bits per heavy atom. The lowest BCUT2D eigenvalue weighted by molar-refractivity contribution is -0.118. The van der Waals surface area contributed by atoms with Crippen molar-refractivity contribution in [3.05, 3.63) is 94.5 Å². The Morgan fingerprint density at radius 3 is 2.53 bits per heavy atom. The SMILES string of the molecule is Cn1c(=O)cc(C(=O)NC(C(=O)Nc2cn[nH]c2)c2ccccc2)c2ccccc21. The Hall–Kier alpha value is -4.20. The molecule has 0 radical (unpaired) electrons. The van der Waals surface area contributed by atoms with Gasteiger partial charge in [0.1, 0.15) is 6.04 Å². The molecule has 2 heterocycles. The van der Waals surface area contributed by atoms with Crippen LogP contribution < -0.4 is 16.2 Å². The van der Waals surface area contributed by atoms with Crippen LogP contribution in [0.1, 0.15) is 22.0 Å². The van der Waals surface area contributed by atoms with Crippen LogP contribution in [0.15, 0.2) is 77.9 Å². The number of hydrogen-bond acceptors (Lipinski definition) is 4. The van der Waals surface area contributed by atoms with E-state index in [-0.39, 0.29) is 11.1 Å². The van der Waals surface area contributed by atoms with Gasteiger partial charge in [0.2, 0.25) is 0 Å². The van der Waals surface area contributed by atoms with Gasteiger partial charge in [0.25, 0.3) is 17.4 Å². The fourth-order valence-corrected chi connectivity index (χ4v) is 3.29. The molecular weight excluding hydrogens is 382 g/mol. The van der Waals surface area contributed by atoms with E-state index in [2.05, 4.69) is 20.8 Å². The van der Waals surface area contributed by atoms with E-state index in [1.54, 1.807) is 55.6 Å². The Bertz CT molecular complexity index is 1260. The van der Waals surface area contributed by atoms with E-state index < -0.39 is 17.9 Å². The topological polar surface area (TPSA) is 109 Å². The predicted octanol–water partition coefficient (Wildman–Crippen LogP) is 2.37. The third kappa shape index (κ3) is 3.70. The van der Waals surface area contributed by atoms with Gasteiger partial charge in [-0.3, -0.25) is 19.5 Å². The van der Waals surface area contributed by atoms with Gasteiger partial charge in [0, 0.05) is 24.7 Å². The van der Waals surface area contributed by atoms with Gasteiger partial charge >= 0.3 is 0 Å². The summed E-state index contributed by atoms with van der Waals surface area (Å²) < 4.78 is 1.48. The minimum Gasteiger partial charge on any atom is -0.336 e. The van der Waals surface area contributed by atoms with Crippen molar-refractivity contribution in [2.45, 2.75) is 6.04 Å². The van der Waals surface area contributed by atoms with Crippen molar-refractivity contribution in [1.82, 2.24) is 20.1 Å². The van der Waals surface area contributed by atoms with E-state index >= 15 is 0 Å². The van der Waals surface area contributed by atoms with Gasteiger partial charge in [-0.05, 0) is 11.6 Å². The summed E-state index contributed by atoms with van der Waals surface area (Å²) in [5.41, 5.74) is 1.63. The summed E-state index contributed by atoms with van der Waals surface area (Å²) in [4.78, 5) is 38.4. The van der Waals surface area contributed by atoms with Crippen molar-refractivity contribution >= 4 is 28.4 Å². The Kier molecular flexibility index (Phi) is 5.13. The number of anilines is 1. The Morgan fingerprint density at radius 1 is 1.07 bits per heavy atom. The molecule has 3 N–H and O–H groups in total. The van der Waals surface area contributed by atoms with E-state index in [0.29, 0.717) is 22.2 Å². The number of aromatic nitrogens is 3. The lowest BCUT2D eigenvalue weighted by Crippen LogP contribution is -2.37. The molecule has 0 bridgehead atoms. The number of aryl methyl sites for hydroxylation is 1. The molecule has 0 saturated carbocycles. The molecule has 4 rings (SSSR count). The van der Waals surface area contributed by atoms with Crippen LogP contribution in [-0.2, 0) is 11.8 Å². The number of carbonyl (C=O) groups is 2. The van der Waals surface area contributed by atoms with Crippen molar-refractivity contribution in [1.29, 1.82) is 0 Å². The number of amides is 2. The minimum atomic E-state index is -0.962. The average molecular weight is 401 g/mol. The number of aromatic amines is 1. The molecule has 0 aliphatic carbocycles. The lowest BCUT2D eigenvalue weighted by atomic mass is 10.0. The van der Waals surface area contributed by atoms with Gasteiger partial charge in [-0.25, -0.2) is 0 Å². The van der Waals surface area contributed by atoms with E-state index in [1.807, 2.05) is 6.07 Å². The monoisotopic (exact) mass is 401 g/mol. The number of H-pyrrole nitrogens is 1. The molecule has 1 atom stereocenters. The second-order valence-corrected chi connectivity index (χ2v) is 6.77. The molecule has 8 heteroatoms. The second kappa shape index (κ2) is 8.04. The molecule has 8 nitrogen and oxygen atoms in total. The van der Waals surface area contributed by atoms with Gasteiger partial charge in [0.15, 0.2) is 0 Å². The number of nitrogens with one attached hydrogen (secondary N) is 3. The maximum atomic E-state index is 13.2. The van der Waals surface area contributed by atoms with E-state index in [1.165, 1.54) is 23.0 Å². The van der Waals surface area contributed by atoms with Gasteiger partial charge < -0.3 is 15.2 Å². The standard InChI is InChI=1S/C22H19N5O3/c1-27-18-10-6-5-9-16(18)17(11-19(27)28)21(29)26-20(14-7-3-2-4-8-14)22(30)25-15-12-23-24-13-15/h2-13,20H,1H3,(H,23,24)(H,25,30)(H,26,29). The zero-order chi connectivity index (χ0) is 21.1. The number of para-hydroxylation sites is 1. The predicted molar refractivity (Wildman–Crippen MR) is 113 cm³/mol. The summed E-state index contributed by atoms with van der Waals surface area (Å²) in [5.74, 6) is -0.941. The van der Waals surface area contributed by atoms with Crippen molar-refractivity contribution in [2.24, 2.45) is 7.05 Å². The Labute approximate surface area is 171 Å². The fraction of sp³-hybridized carbons (Fsp3) is 0.0909. The van der Waals surface area contributed by atoms with E-state index in [9.17, 15) is 14.4 Å². The molecule has 4 aromatic rings. The van der Waals surface area contributed by atoms with Crippen LogP contribution in [0.2, 0.25) is 0 Å². The van der Waals surface area contributed by atoms with E-state index in [0.717, 1.165) is 0 Å². The largest absolute Gasteiger partial charge is 0.336 e. The first kappa shape index (κ1) is 19.1. The van der Waals surface area contributed by atoms with Crippen molar-refractivity contribution < 1.29 is 9.59 Å².